The summed E-state index contributed by atoms with van der Waals surface area (Å²) >= 11 is 0. The average Bonchev–Trinajstić information content (AvgIpc) is 3.33. The molecule has 1 aliphatic heterocycles. The second-order valence-electron chi connectivity index (χ2n) is 9.76. The van der Waals surface area contributed by atoms with E-state index in [9.17, 15) is 0 Å². The van der Waals surface area contributed by atoms with Gasteiger partial charge in [0.2, 0.25) is 0 Å². The highest BCUT2D eigenvalue weighted by Gasteiger charge is 2.29. The number of hydrogen-bond acceptors (Lipinski definition) is 5. The molecule has 3 fully saturated rings. The van der Waals surface area contributed by atoms with E-state index >= 15 is 0 Å². The van der Waals surface area contributed by atoms with Gasteiger partial charge >= 0.3 is 0 Å². The third kappa shape index (κ3) is 5.29. The Hall–Kier alpha value is -1.92. The lowest BCUT2D eigenvalue weighted by atomic mass is 10.0. The third-order valence-electron chi connectivity index (χ3n) is 7.34. The van der Waals surface area contributed by atoms with Crippen LogP contribution < -0.4 is 10.6 Å². The highest BCUT2D eigenvalue weighted by Crippen LogP contribution is 2.41. The fourth-order valence-electron chi connectivity index (χ4n) is 5.36. The number of nitrogens with one attached hydrogen (secondary N) is 3. The van der Waals surface area contributed by atoms with E-state index < -0.39 is 0 Å². The molecule has 168 valence electrons. The number of rotatable bonds is 9. The summed E-state index contributed by atoms with van der Waals surface area (Å²) in [6.07, 6.45) is 12.0. The van der Waals surface area contributed by atoms with Gasteiger partial charge in [0.25, 0.3) is 0 Å². The number of H-pyrrole nitrogens is 1. The van der Waals surface area contributed by atoms with E-state index in [4.69, 9.17) is 9.97 Å². The van der Waals surface area contributed by atoms with E-state index in [0.717, 1.165) is 42.9 Å². The standard InChI is InChI=1S/C25H38N6/c1-18-24(19-10-11-19)30-25(28-18)22-8-4-9-23(29-22)27-15-5-14-26-20-12-16-31(17-13-20)21-6-2-3-7-21/h4,8-9,19-21,26H,2-3,5-7,10-17H2,1H3,(H,27,29)(H,28,30). The normalized spacial score (nSPS) is 21.1. The largest absolute Gasteiger partial charge is 0.370 e. The van der Waals surface area contributed by atoms with Gasteiger partial charge in [-0.1, -0.05) is 18.9 Å². The van der Waals surface area contributed by atoms with Crippen LogP contribution in [0.15, 0.2) is 18.2 Å². The quantitative estimate of drug-likeness (QED) is 0.521. The van der Waals surface area contributed by atoms with Gasteiger partial charge in [-0.25, -0.2) is 9.97 Å². The Labute approximate surface area is 186 Å². The number of aryl methyl sites for hydroxylation is 1. The summed E-state index contributed by atoms with van der Waals surface area (Å²) in [4.78, 5) is 15.8. The molecule has 2 aromatic heterocycles. The maximum Gasteiger partial charge on any atom is 0.156 e. The van der Waals surface area contributed by atoms with Crippen LogP contribution in [-0.2, 0) is 0 Å². The molecule has 3 aliphatic rings. The van der Waals surface area contributed by atoms with E-state index in [-0.39, 0.29) is 0 Å². The molecule has 0 amide bonds. The summed E-state index contributed by atoms with van der Waals surface area (Å²) in [6.45, 7) is 6.70. The number of anilines is 1. The van der Waals surface area contributed by atoms with Crippen molar-refractivity contribution in [2.75, 3.05) is 31.5 Å². The number of piperidine rings is 1. The molecule has 0 aromatic carbocycles. The van der Waals surface area contributed by atoms with Crippen LogP contribution in [0.5, 0.6) is 0 Å². The van der Waals surface area contributed by atoms with Gasteiger partial charge in [0.05, 0.1) is 5.69 Å². The van der Waals surface area contributed by atoms with E-state index in [1.165, 1.54) is 75.8 Å². The summed E-state index contributed by atoms with van der Waals surface area (Å²) in [5.74, 6) is 2.49. The van der Waals surface area contributed by atoms with Crippen LogP contribution in [0.2, 0.25) is 0 Å². The Balaban J connectivity index is 1.03. The predicted octanol–water partition coefficient (Wildman–Crippen LogP) is 4.46. The monoisotopic (exact) mass is 422 g/mol. The first-order chi connectivity index (χ1) is 15.3. The van der Waals surface area contributed by atoms with E-state index in [1.54, 1.807) is 0 Å². The smallest absolute Gasteiger partial charge is 0.156 e. The second kappa shape index (κ2) is 9.70. The maximum absolute atomic E-state index is 4.82. The van der Waals surface area contributed by atoms with Crippen LogP contribution in [0.3, 0.4) is 0 Å². The molecule has 2 aromatic rings. The van der Waals surface area contributed by atoms with Crippen molar-refractivity contribution < 1.29 is 0 Å². The van der Waals surface area contributed by atoms with Crippen LogP contribution in [0.1, 0.15) is 75.1 Å². The highest BCUT2D eigenvalue weighted by atomic mass is 15.2. The summed E-state index contributed by atoms with van der Waals surface area (Å²) in [5.41, 5.74) is 3.35. The Morgan fingerprint density at radius 1 is 1.00 bits per heavy atom. The molecule has 6 nitrogen and oxygen atoms in total. The topological polar surface area (TPSA) is 68.9 Å². The zero-order chi connectivity index (χ0) is 21.0. The van der Waals surface area contributed by atoms with Gasteiger partial charge in [-0.2, -0.15) is 0 Å². The molecule has 31 heavy (non-hydrogen) atoms. The van der Waals surface area contributed by atoms with Crippen molar-refractivity contribution in [1.82, 2.24) is 25.2 Å². The van der Waals surface area contributed by atoms with Gasteiger partial charge in [-0.15, -0.1) is 0 Å². The first kappa shape index (κ1) is 21.0. The summed E-state index contributed by atoms with van der Waals surface area (Å²) in [5, 5.41) is 7.27. The van der Waals surface area contributed by atoms with Crippen molar-refractivity contribution in [1.29, 1.82) is 0 Å². The number of aromatic nitrogens is 3. The molecular weight excluding hydrogens is 384 g/mol. The minimum absolute atomic E-state index is 0.661. The number of aromatic amines is 1. The Morgan fingerprint density at radius 2 is 1.81 bits per heavy atom. The van der Waals surface area contributed by atoms with Gasteiger partial charge in [0.15, 0.2) is 5.82 Å². The van der Waals surface area contributed by atoms with Gasteiger partial charge < -0.3 is 20.5 Å². The third-order valence-corrected chi connectivity index (χ3v) is 7.34. The van der Waals surface area contributed by atoms with Crippen LogP contribution >= 0.6 is 0 Å². The molecular formula is C25H38N6. The van der Waals surface area contributed by atoms with Crippen molar-refractivity contribution >= 4 is 5.82 Å². The van der Waals surface area contributed by atoms with Crippen molar-refractivity contribution in [3.8, 4) is 11.5 Å². The van der Waals surface area contributed by atoms with Crippen molar-refractivity contribution in [3.63, 3.8) is 0 Å². The van der Waals surface area contributed by atoms with E-state index in [1.807, 2.05) is 12.1 Å². The fourth-order valence-corrected chi connectivity index (χ4v) is 5.36. The van der Waals surface area contributed by atoms with E-state index in [2.05, 4.69) is 33.5 Å². The molecule has 6 heteroatoms. The lowest BCUT2D eigenvalue weighted by Crippen LogP contribution is -2.46. The predicted molar refractivity (Wildman–Crippen MR) is 126 cm³/mol. The SMILES string of the molecule is Cc1[nH]c(-c2cccc(NCCCNC3CCN(C4CCCC4)CC3)n2)nc1C1CC1. The summed E-state index contributed by atoms with van der Waals surface area (Å²) in [7, 11) is 0. The van der Waals surface area contributed by atoms with Gasteiger partial charge in [-0.05, 0) is 83.6 Å². The van der Waals surface area contributed by atoms with Gasteiger partial charge in [0.1, 0.15) is 11.5 Å². The fraction of sp³-hybridized carbons (Fsp3) is 0.680. The second-order valence-corrected chi connectivity index (χ2v) is 9.76. The number of nitrogens with zero attached hydrogens (tertiary/aromatic N) is 3. The molecule has 2 saturated carbocycles. The maximum atomic E-state index is 4.82. The molecule has 5 rings (SSSR count). The minimum Gasteiger partial charge on any atom is -0.370 e. The molecule has 0 unspecified atom stereocenters. The molecule has 0 atom stereocenters. The molecule has 3 heterocycles. The van der Waals surface area contributed by atoms with Crippen molar-refractivity contribution in [2.45, 2.75) is 82.7 Å². The van der Waals surface area contributed by atoms with Crippen LogP contribution in [0, 0.1) is 6.92 Å². The number of pyridine rings is 1. The molecule has 1 saturated heterocycles. The van der Waals surface area contributed by atoms with E-state index in [0.29, 0.717) is 12.0 Å². The van der Waals surface area contributed by atoms with Crippen LogP contribution in [0.4, 0.5) is 5.82 Å². The Morgan fingerprint density at radius 3 is 2.58 bits per heavy atom. The minimum atomic E-state index is 0.661. The van der Waals surface area contributed by atoms with Gasteiger partial charge in [-0.3, -0.25) is 0 Å². The molecule has 0 spiro atoms. The molecule has 2 aliphatic carbocycles. The lowest BCUT2D eigenvalue weighted by Gasteiger charge is -2.36. The Bertz CT molecular complexity index is 843. The number of hydrogen-bond donors (Lipinski definition) is 3. The van der Waals surface area contributed by atoms with Crippen LogP contribution in [-0.4, -0.2) is 58.1 Å². The molecule has 0 radical (unpaired) electrons. The zero-order valence-electron chi connectivity index (χ0n) is 19.0. The summed E-state index contributed by atoms with van der Waals surface area (Å²) in [6, 6.07) is 7.74. The van der Waals surface area contributed by atoms with Crippen molar-refractivity contribution in [3.05, 3.63) is 29.6 Å². The number of likely N-dealkylation sites (tertiary alicyclic amines) is 1. The number of imidazole rings is 1. The zero-order valence-corrected chi connectivity index (χ0v) is 19.0. The van der Waals surface area contributed by atoms with Gasteiger partial charge in [0, 0.05) is 30.2 Å². The lowest BCUT2D eigenvalue weighted by molar-refractivity contribution is 0.145. The highest BCUT2D eigenvalue weighted by molar-refractivity contribution is 5.54. The van der Waals surface area contributed by atoms with Crippen molar-refractivity contribution in [2.24, 2.45) is 0 Å². The Kier molecular flexibility index (Phi) is 6.55. The average molecular weight is 423 g/mol. The summed E-state index contributed by atoms with van der Waals surface area (Å²) < 4.78 is 0. The first-order valence-electron chi connectivity index (χ1n) is 12.5. The first-order valence-corrected chi connectivity index (χ1v) is 12.5. The molecule has 0 bridgehead atoms. The van der Waals surface area contributed by atoms with Crippen LogP contribution in [0.25, 0.3) is 11.5 Å². The molecule has 3 N–H and O–H groups in total.